The maximum Gasteiger partial charge on any atom is 0.632 e. The number of aromatic nitrogens is 2. The number of para-hydroxylation sites is 2. The molecule has 0 aliphatic carbocycles. The van der Waals surface area contributed by atoms with Crippen LogP contribution in [0.25, 0.3) is 21.8 Å². The van der Waals surface area contributed by atoms with Gasteiger partial charge in [0.1, 0.15) is 0 Å². The van der Waals surface area contributed by atoms with E-state index in [0.717, 1.165) is 21.8 Å². The predicted octanol–water partition coefficient (Wildman–Crippen LogP) is 2.25. The van der Waals surface area contributed by atoms with Crippen molar-refractivity contribution in [1.29, 1.82) is 0 Å². The van der Waals surface area contributed by atoms with Gasteiger partial charge in [-0.05, 0) is 24.3 Å². The summed E-state index contributed by atoms with van der Waals surface area (Å²) in [5, 5.41) is 1.93. The molecule has 2 heterocycles. The van der Waals surface area contributed by atoms with Crippen molar-refractivity contribution in [1.82, 2.24) is 0 Å². The lowest BCUT2D eigenvalue weighted by Gasteiger charge is -1.99. The predicted molar refractivity (Wildman–Crippen MR) is 86.8 cm³/mol. The van der Waals surface area contributed by atoms with Crippen molar-refractivity contribution >= 4 is 28.0 Å². The molecule has 24 heavy (non-hydrogen) atoms. The van der Waals surface area contributed by atoms with Gasteiger partial charge in [-0.2, -0.15) is 4.79 Å². The van der Waals surface area contributed by atoms with Crippen LogP contribution in [0.4, 0.5) is 4.79 Å². The molecule has 0 unspecified atom stereocenters. The minimum atomic E-state index is -0.822. The average molecular weight is 318 g/mol. The zero-order chi connectivity index (χ0) is 16.4. The lowest BCUT2D eigenvalue weighted by Crippen LogP contribution is -2.54. The van der Waals surface area contributed by atoms with Crippen LogP contribution in [0.1, 0.15) is 0 Å². The van der Waals surface area contributed by atoms with E-state index in [1.807, 2.05) is 60.7 Å². The number of rotatable bonds is 2. The summed E-state index contributed by atoms with van der Waals surface area (Å²) in [6.45, 7) is 0. The van der Waals surface area contributed by atoms with Gasteiger partial charge in [-0.3, -0.25) is 0 Å². The van der Waals surface area contributed by atoms with Gasteiger partial charge in [0.15, 0.2) is 0 Å². The molecule has 0 aliphatic rings. The first-order valence-electron chi connectivity index (χ1n) is 7.51. The van der Waals surface area contributed by atoms with Gasteiger partial charge in [0, 0.05) is 33.7 Å². The molecule has 0 aliphatic heterocycles. The Morgan fingerprint density at radius 2 is 1.04 bits per heavy atom. The van der Waals surface area contributed by atoms with Crippen LogP contribution < -0.4 is 19.1 Å². The summed E-state index contributed by atoms with van der Waals surface area (Å²) in [6, 6.07) is 22.7. The monoisotopic (exact) mass is 318 g/mol. The summed E-state index contributed by atoms with van der Waals surface area (Å²) < 4.78 is 2.78. The average Bonchev–Trinajstić information content (AvgIpc) is 2.62. The Morgan fingerprint density at radius 3 is 1.54 bits per heavy atom. The summed E-state index contributed by atoms with van der Waals surface area (Å²) in [7, 11) is 0. The molecule has 0 bridgehead atoms. The summed E-state index contributed by atoms with van der Waals surface area (Å²) in [5.41, 5.74) is 1.56. The fourth-order valence-corrected chi connectivity index (χ4v) is 2.61. The third kappa shape index (κ3) is 2.63. The van der Waals surface area contributed by atoms with Crippen LogP contribution in [0, 0.1) is 0 Å². The maximum atomic E-state index is 12.2. The molecular weight excluding hydrogens is 304 g/mol. The summed E-state index contributed by atoms with van der Waals surface area (Å²) in [5.74, 6) is 0. The van der Waals surface area contributed by atoms with Crippen molar-refractivity contribution in [3.63, 3.8) is 0 Å². The number of hydrogen-bond acceptors (Lipinski definition) is 3. The molecule has 4 rings (SSSR count). The van der Waals surface area contributed by atoms with Crippen molar-refractivity contribution < 1.29 is 23.9 Å². The zero-order valence-corrected chi connectivity index (χ0v) is 12.7. The molecule has 0 fully saturated rings. The van der Waals surface area contributed by atoms with E-state index in [2.05, 4.69) is 0 Å². The molecule has 0 radical (unpaired) electrons. The van der Waals surface area contributed by atoms with Gasteiger partial charge in [-0.15, -0.1) is 9.68 Å². The molecule has 5 heteroatoms. The maximum absolute atomic E-state index is 12.2. The van der Waals surface area contributed by atoms with E-state index in [-0.39, 0.29) is 0 Å². The fourth-order valence-electron chi connectivity index (χ4n) is 2.61. The number of hydrogen-bond donors (Lipinski definition) is 0. The molecule has 0 spiro atoms. The minimum absolute atomic E-state index is 0.778. The van der Waals surface area contributed by atoms with Crippen molar-refractivity contribution in [3.8, 4) is 0 Å². The first kappa shape index (κ1) is 14.1. The second-order valence-electron chi connectivity index (χ2n) is 5.22. The van der Waals surface area contributed by atoms with Crippen LogP contribution in [0.2, 0.25) is 0 Å². The van der Waals surface area contributed by atoms with E-state index in [0.29, 0.717) is 0 Å². The summed E-state index contributed by atoms with van der Waals surface area (Å²) in [6.07, 6.45) is 2.51. The Hall–Kier alpha value is -3.47. The second kappa shape index (κ2) is 5.96. The molecule has 0 N–H and O–H groups in total. The Labute approximate surface area is 137 Å². The third-order valence-electron chi connectivity index (χ3n) is 3.69. The number of carbonyl (C=O) groups is 1. The first-order chi connectivity index (χ1) is 11.8. The lowest BCUT2D eigenvalue weighted by molar-refractivity contribution is -0.885. The van der Waals surface area contributed by atoms with Gasteiger partial charge < -0.3 is 0 Å². The van der Waals surface area contributed by atoms with Crippen molar-refractivity contribution in [3.05, 3.63) is 85.2 Å². The largest absolute Gasteiger partial charge is 0.632 e. The van der Waals surface area contributed by atoms with Crippen molar-refractivity contribution in [2.24, 2.45) is 0 Å². The highest BCUT2D eigenvalue weighted by Gasteiger charge is 2.23. The number of benzene rings is 2. The molecule has 2 aromatic carbocycles. The number of nitrogens with zero attached hydrogens (tertiary/aromatic N) is 2. The fraction of sp³-hybridized carbons (Fsp3) is 0. The molecule has 0 atom stereocenters. The van der Waals surface area contributed by atoms with Gasteiger partial charge in [0.05, 0.1) is 10.8 Å². The lowest BCUT2D eigenvalue weighted by atomic mass is 10.2. The van der Waals surface area contributed by atoms with Gasteiger partial charge in [-0.1, -0.05) is 24.3 Å². The Morgan fingerprint density at radius 1 is 0.625 bits per heavy atom. The standard InChI is InChI=1S/C19H14N2O3/c22-19(23-20-13-5-9-15-7-1-3-11-17(15)20)24-21-14-6-10-16-8-2-4-12-18(16)21/h1-14H/q+2. The highest BCUT2D eigenvalue weighted by atomic mass is 16.9. The quantitative estimate of drug-likeness (QED) is 0.532. The molecule has 0 amide bonds. The summed E-state index contributed by atoms with van der Waals surface area (Å²) >= 11 is 0. The molecule has 0 saturated carbocycles. The van der Waals surface area contributed by atoms with Gasteiger partial charge in [0.25, 0.3) is 11.0 Å². The van der Waals surface area contributed by atoms with Gasteiger partial charge >= 0.3 is 6.16 Å². The second-order valence-corrected chi connectivity index (χ2v) is 5.22. The smallest absolute Gasteiger partial charge is 0.194 e. The number of carbonyl (C=O) groups excluding carboxylic acids is 1. The van der Waals surface area contributed by atoms with Crippen LogP contribution >= 0.6 is 0 Å². The molecule has 0 saturated heterocycles. The Kier molecular flexibility index (Phi) is 3.51. The van der Waals surface area contributed by atoms with E-state index >= 15 is 0 Å². The van der Waals surface area contributed by atoms with Crippen molar-refractivity contribution in [2.75, 3.05) is 0 Å². The molecular formula is C19H14N2O3+2. The van der Waals surface area contributed by atoms with E-state index in [4.69, 9.17) is 9.68 Å². The normalized spacial score (nSPS) is 10.7. The van der Waals surface area contributed by atoms with Crippen LogP contribution in [-0.2, 0) is 0 Å². The summed E-state index contributed by atoms with van der Waals surface area (Å²) in [4.78, 5) is 22.8. The molecule has 5 nitrogen and oxygen atoms in total. The first-order valence-corrected chi connectivity index (χ1v) is 7.51. The topological polar surface area (TPSA) is 43.3 Å². The minimum Gasteiger partial charge on any atom is -0.194 e. The Balaban J connectivity index is 1.62. The van der Waals surface area contributed by atoms with Crippen molar-refractivity contribution in [2.45, 2.75) is 0 Å². The molecule has 116 valence electrons. The number of pyridine rings is 2. The third-order valence-corrected chi connectivity index (χ3v) is 3.69. The highest BCUT2D eigenvalue weighted by Crippen LogP contribution is 2.08. The molecule has 2 aromatic heterocycles. The van der Waals surface area contributed by atoms with Gasteiger partial charge in [0.2, 0.25) is 12.4 Å². The van der Waals surface area contributed by atoms with Crippen LogP contribution in [0.5, 0.6) is 0 Å². The highest BCUT2D eigenvalue weighted by molar-refractivity contribution is 5.76. The zero-order valence-electron chi connectivity index (χ0n) is 12.7. The van der Waals surface area contributed by atoms with E-state index in [1.54, 1.807) is 24.5 Å². The van der Waals surface area contributed by atoms with Gasteiger partial charge in [-0.25, -0.2) is 0 Å². The SMILES string of the molecule is O=C(O[n+]1cccc2ccccc21)O[n+]1cccc2ccccc21. The van der Waals surface area contributed by atoms with Crippen LogP contribution in [-0.4, -0.2) is 6.16 Å². The molecule has 4 aromatic rings. The van der Waals surface area contributed by atoms with Crippen LogP contribution in [0.3, 0.4) is 0 Å². The van der Waals surface area contributed by atoms with E-state index in [9.17, 15) is 4.79 Å². The van der Waals surface area contributed by atoms with E-state index < -0.39 is 6.16 Å². The number of fused-ring (bicyclic) bond motifs is 2. The van der Waals surface area contributed by atoms with E-state index in [1.165, 1.54) is 9.46 Å². The van der Waals surface area contributed by atoms with Crippen LogP contribution in [0.15, 0.2) is 85.2 Å². The Bertz CT molecular complexity index is 953.